The molecule has 3 heterocycles. The van der Waals surface area contributed by atoms with Crippen molar-refractivity contribution in [3.05, 3.63) is 28.8 Å². The number of aliphatic hydroxyl groups is 1. The second kappa shape index (κ2) is 6.86. The van der Waals surface area contributed by atoms with Gasteiger partial charge in [0.05, 0.1) is 23.1 Å². The van der Waals surface area contributed by atoms with Crippen molar-refractivity contribution in [2.75, 3.05) is 26.2 Å². The molecular formula is C26H33N3O4. The lowest BCUT2D eigenvalue weighted by molar-refractivity contribution is -0.162. The van der Waals surface area contributed by atoms with Crippen LogP contribution in [0.25, 0.3) is 0 Å². The summed E-state index contributed by atoms with van der Waals surface area (Å²) in [6, 6.07) is 6.19. The Hall–Kier alpha value is -2.30. The number of nitriles is 1. The van der Waals surface area contributed by atoms with Crippen LogP contribution in [-0.2, 0) is 16.6 Å². The molecule has 6 rings (SSSR count). The molecule has 2 bridgehead atoms. The van der Waals surface area contributed by atoms with E-state index in [-0.39, 0.29) is 12.1 Å². The largest absolute Gasteiger partial charge is 0.486 e. The van der Waals surface area contributed by atoms with Crippen molar-refractivity contribution < 1.29 is 19.4 Å². The number of rotatable bonds is 2. The van der Waals surface area contributed by atoms with Crippen LogP contribution >= 0.6 is 0 Å². The lowest BCUT2D eigenvalue weighted by Crippen LogP contribution is -2.74. The van der Waals surface area contributed by atoms with E-state index in [0.29, 0.717) is 30.8 Å². The summed E-state index contributed by atoms with van der Waals surface area (Å²) in [6.07, 6.45) is 3.79. The van der Waals surface area contributed by atoms with Crippen LogP contribution in [0.3, 0.4) is 0 Å². The highest BCUT2D eigenvalue weighted by atomic mass is 16.6. The highest BCUT2D eigenvalue weighted by molar-refractivity contribution is 5.69. The number of carbonyl (C=O) groups excluding carboxylic acids is 1. The molecule has 33 heavy (non-hydrogen) atoms. The van der Waals surface area contributed by atoms with E-state index in [0.717, 1.165) is 37.4 Å². The van der Waals surface area contributed by atoms with E-state index >= 15 is 0 Å². The van der Waals surface area contributed by atoms with Crippen molar-refractivity contribution in [2.45, 2.75) is 81.6 Å². The summed E-state index contributed by atoms with van der Waals surface area (Å²) in [5.74, 6) is 1.36. The van der Waals surface area contributed by atoms with Gasteiger partial charge >= 0.3 is 6.09 Å². The number of ether oxygens (including phenoxy) is 2. The molecule has 1 aromatic rings. The van der Waals surface area contributed by atoms with Crippen molar-refractivity contribution >= 4 is 6.09 Å². The summed E-state index contributed by atoms with van der Waals surface area (Å²) in [4.78, 5) is 17.3. The first-order valence-electron chi connectivity index (χ1n) is 12.3. The molecule has 1 N–H and O–H groups in total. The molecule has 5 aliphatic rings. The van der Waals surface area contributed by atoms with Crippen LogP contribution in [0.1, 0.15) is 63.1 Å². The van der Waals surface area contributed by atoms with Crippen molar-refractivity contribution in [1.82, 2.24) is 9.80 Å². The summed E-state index contributed by atoms with van der Waals surface area (Å²) in [7, 11) is 0. The molecule has 1 aromatic carbocycles. The maximum atomic E-state index is 13.1. The number of amides is 1. The number of hydrogen-bond donors (Lipinski definition) is 1. The van der Waals surface area contributed by atoms with Gasteiger partial charge in [0.15, 0.2) is 0 Å². The molecule has 0 radical (unpaired) electrons. The molecule has 0 aromatic heterocycles. The van der Waals surface area contributed by atoms with Crippen molar-refractivity contribution in [3.63, 3.8) is 0 Å². The molecule has 2 saturated heterocycles. The normalized spacial score (nSPS) is 34.7. The van der Waals surface area contributed by atoms with Crippen LogP contribution in [-0.4, -0.2) is 70.5 Å². The van der Waals surface area contributed by atoms with E-state index in [1.54, 1.807) is 4.90 Å². The fourth-order valence-corrected chi connectivity index (χ4v) is 7.00. The number of likely N-dealkylation sites (tertiary alicyclic amines) is 2. The van der Waals surface area contributed by atoms with Gasteiger partial charge in [0.2, 0.25) is 0 Å². The van der Waals surface area contributed by atoms with E-state index in [9.17, 15) is 15.2 Å². The molecule has 4 atom stereocenters. The van der Waals surface area contributed by atoms with Crippen LogP contribution in [0, 0.1) is 17.2 Å². The molecule has 0 unspecified atom stereocenters. The molecular weight excluding hydrogens is 418 g/mol. The zero-order valence-electron chi connectivity index (χ0n) is 19.8. The molecule has 3 fully saturated rings. The predicted octanol–water partition coefficient (Wildman–Crippen LogP) is 2.97. The van der Waals surface area contributed by atoms with Gasteiger partial charge in [-0.3, -0.25) is 4.90 Å². The second-order valence-electron chi connectivity index (χ2n) is 11.7. The fourth-order valence-electron chi connectivity index (χ4n) is 7.00. The van der Waals surface area contributed by atoms with Crippen LogP contribution < -0.4 is 4.74 Å². The van der Waals surface area contributed by atoms with Gasteiger partial charge in [-0.15, -0.1) is 0 Å². The monoisotopic (exact) mass is 451 g/mol. The van der Waals surface area contributed by atoms with Crippen molar-refractivity contribution in [3.8, 4) is 11.8 Å². The first kappa shape index (κ1) is 21.2. The summed E-state index contributed by atoms with van der Waals surface area (Å²) < 4.78 is 12.2. The number of carbonyl (C=O) groups is 1. The van der Waals surface area contributed by atoms with E-state index in [2.05, 4.69) is 17.0 Å². The summed E-state index contributed by atoms with van der Waals surface area (Å²) >= 11 is 0. The Morgan fingerprint density at radius 3 is 2.79 bits per heavy atom. The van der Waals surface area contributed by atoms with E-state index in [1.165, 1.54) is 18.4 Å². The molecule has 1 spiro atoms. The van der Waals surface area contributed by atoms with Crippen LogP contribution in [0.2, 0.25) is 0 Å². The minimum atomic E-state index is -1.02. The third-order valence-electron chi connectivity index (χ3n) is 8.58. The smallest absolute Gasteiger partial charge is 0.410 e. The van der Waals surface area contributed by atoms with E-state index < -0.39 is 22.7 Å². The summed E-state index contributed by atoms with van der Waals surface area (Å²) in [6.45, 7) is 8.32. The maximum absolute atomic E-state index is 13.1. The summed E-state index contributed by atoms with van der Waals surface area (Å²) in [5, 5.41) is 22.4. The van der Waals surface area contributed by atoms with Crippen LogP contribution in [0.4, 0.5) is 4.79 Å². The minimum Gasteiger partial charge on any atom is -0.486 e. The van der Waals surface area contributed by atoms with Gasteiger partial charge in [0, 0.05) is 24.7 Å². The van der Waals surface area contributed by atoms with Gasteiger partial charge < -0.3 is 19.5 Å². The van der Waals surface area contributed by atoms with Gasteiger partial charge in [-0.1, -0.05) is 6.07 Å². The van der Waals surface area contributed by atoms with Gasteiger partial charge in [-0.25, -0.2) is 4.79 Å². The van der Waals surface area contributed by atoms with Crippen molar-refractivity contribution in [2.24, 2.45) is 5.92 Å². The SMILES string of the molecule is CC(C)(C)OC(=O)N1CC[C@@]2(O)[C@H]3Cc4ccc(C#N)c5c4[C@@]2(CCN3CC2CC2)[C@H](C1)O5. The average molecular weight is 452 g/mol. The van der Waals surface area contributed by atoms with Crippen LogP contribution in [0.15, 0.2) is 12.1 Å². The Labute approximate surface area is 195 Å². The molecule has 3 aliphatic heterocycles. The Bertz CT molecular complexity index is 1050. The molecule has 1 amide bonds. The number of piperidine rings is 1. The van der Waals surface area contributed by atoms with Gasteiger partial charge in [-0.2, -0.15) is 5.26 Å². The second-order valence-corrected chi connectivity index (χ2v) is 11.7. The first-order chi connectivity index (χ1) is 15.7. The molecule has 7 nitrogen and oxygen atoms in total. The number of nitrogens with zero attached hydrogens (tertiary/aromatic N) is 3. The Morgan fingerprint density at radius 2 is 2.09 bits per heavy atom. The lowest BCUT2D eigenvalue weighted by Gasteiger charge is -2.60. The number of hydrogen-bond acceptors (Lipinski definition) is 6. The van der Waals surface area contributed by atoms with E-state index in [1.807, 2.05) is 26.8 Å². The topological polar surface area (TPSA) is 86.0 Å². The Balaban J connectivity index is 1.46. The van der Waals surface area contributed by atoms with Crippen molar-refractivity contribution in [1.29, 1.82) is 5.26 Å². The van der Waals surface area contributed by atoms with Gasteiger partial charge in [-0.05, 0) is 77.0 Å². The number of benzene rings is 1. The standard InChI is InChI=1S/C26H33N3O4/c1-24(2,3)33-23(30)29-11-9-26(31)19-12-17-6-7-18(13-27)22-21(17)25(26,20(15-29)32-22)8-10-28(19)14-16-4-5-16/h6-7,16,19-20,31H,4-5,8-12,14-15H2,1-3H3/t19-,20+,25-,26-/m1/s1. The Morgan fingerprint density at radius 1 is 1.30 bits per heavy atom. The predicted molar refractivity (Wildman–Crippen MR) is 121 cm³/mol. The lowest BCUT2D eigenvalue weighted by atomic mass is 9.52. The third-order valence-corrected chi connectivity index (χ3v) is 8.58. The highest BCUT2D eigenvalue weighted by Gasteiger charge is 2.71. The zero-order valence-corrected chi connectivity index (χ0v) is 19.8. The maximum Gasteiger partial charge on any atom is 0.410 e. The molecule has 1 saturated carbocycles. The first-order valence-corrected chi connectivity index (χ1v) is 12.3. The fraction of sp³-hybridized carbons (Fsp3) is 0.692. The average Bonchev–Trinajstić information content (AvgIpc) is 3.51. The molecule has 176 valence electrons. The van der Waals surface area contributed by atoms with E-state index in [4.69, 9.17) is 9.47 Å². The summed E-state index contributed by atoms with van der Waals surface area (Å²) in [5.41, 5.74) is 0.511. The minimum absolute atomic E-state index is 0.0112. The quantitative estimate of drug-likeness (QED) is 0.744. The van der Waals surface area contributed by atoms with Gasteiger partial charge in [0.25, 0.3) is 0 Å². The zero-order chi connectivity index (χ0) is 23.2. The van der Waals surface area contributed by atoms with Crippen LogP contribution in [0.5, 0.6) is 5.75 Å². The molecule has 2 aliphatic carbocycles. The third kappa shape index (κ3) is 2.96. The van der Waals surface area contributed by atoms with Gasteiger partial charge in [0.1, 0.15) is 23.5 Å². The molecule has 7 heteroatoms. The Kier molecular flexibility index (Phi) is 4.42. The highest BCUT2D eigenvalue weighted by Crippen LogP contribution is 2.62.